The van der Waals surface area contributed by atoms with Crippen LogP contribution >= 0.6 is 11.6 Å². The van der Waals surface area contributed by atoms with Crippen molar-refractivity contribution < 1.29 is 26.6 Å². The van der Waals surface area contributed by atoms with Gasteiger partial charge >= 0.3 is 0 Å². The van der Waals surface area contributed by atoms with E-state index >= 15 is 0 Å². The van der Waals surface area contributed by atoms with E-state index in [-0.39, 0.29) is 34.4 Å². The number of carbonyl (C=O) groups is 1. The fraction of sp³-hybridized carbons (Fsp3) is 0.303. The molecule has 0 N–H and O–H groups in total. The van der Waals surface area contributed by atoms with Gasteiger partial charge in [-0.2, -0.15) is 5.10 Å². The highest BCUT2D eigenvalue weighted by atomic mass is 35.5. The van der Waals surface area contributed by atoms with Gasteiger partial charge in [-0.15, -0.1) is 0 Å². The van der Waals surface area contributed by atoms with E-state index in [1.165, 1.54) is 36.7 Å². The monoisotopic (exact) mass is 669 g/mol. The first-order valence-electron chi connectivity index (χ1n) is 14.7. The summed E-state index contributed by atoms with van der Waals surface area (Å²) in [6.45, 7) is 0. The number of carbonyl (C=O) groups excluding carboxylic acids is 1. The van der Waals surface area contributed by atoms with Crippen molar-refractivity contribution in [3.8, 4) is 5.69 Å². The molecule has 3 atom stereocenters. The first-order chi connectivity index (χ1) is 21.9. The summed E-state index contributed by atoms with van der Waals surface area (Å²) >= 11 is 5.98. The molecular weight excluding hydrogens is 642 g/mol. The number of hydrogen-bond acceptors (Lipinski definition) is 5. The molecule has 3 aliphatic carbocycles. The van der Waals surface area contributed by atoms with Crippen LogP contribution in [0.15, 0.2) is 77.6 Å². The number of benzene rings is 1. The molecule has 0 bridgehead atoms. The van der Waals surface area contributed by atoms with Crippen molar-refractivity contribution in [2.45, 2.75) is 61.4 Å². The highest BCUT2D eigenvalue weighted by Gasteiger charge is 2.56. The summed E-state index contributed by atoms with van der Waals surface area (Å²) in [6.07, 6.45) is 6.10. The van der Waals surface area contributed by atoms with E-state index in [1.54, 1.807) is 27.3 Å². The Kier molecular flexibility index (Phi) is 7.45. The van der Waals surface area contributed by atoms with Crippen LogP contribution in [0.3, 0.4) is 0 Å². The van der Waals surface area contributed by atoms with Gasteiger partial charge < -0.3 is 0 Å². The zero-order valence-corrected chi connectivity index (χ0v) is 26.0. The fourth-order valence-corrected chi connectivity index (χ4v) is 9.27. The quantitative estimate of drug-likeness (QED) is 0.0942. The molecule has 2 fully saturated rings. The lowest BCUT2D eigenvalue weighted by Crippen LogP contribution is -2.59. The second-order valence-electron chi connectivity index (χ2n) is 12.2. The van der Waals surface area contributed by atoms with Gasteiger partial charge in [0.05, 0.1) is 37.6 Å². The van der Waals surface area contributed by atoms with Gasteiger partial charge in [0.2, 0.25) is 0 Å². The highest BCUT2D eigenvalue weighted by Crippen LogP contribution is 2.53. The Morgan fingerprint density at radius 2 is 1.76 bits per heavy atom. The van der Waals surface area contributed by atoms with Gasteiger partial charge in [0.1, 0.15) is 22.5 Å². The molecule has 0 spiro atoms. The van der Waals surface area contributed by atoms with Gasteiger partial charge in [-0.05, 0) is 85.7 Å². The lowest BCUT2D eigenvalue weighted by atomic mass is 9.60. The van der Waals surface area contributed by atoms with Gasteiger partial charge in [0.25, 0.3) is 5.92 Å². The van der Waals surface area contributed by atoms with E-state index in [4.69, 9.17) is 11.6 Å². The molecule has 3 heterocycles. The number of hydrogen-bond donors (Lipinski definition) is 0. The average molecular weight is 670 g/mol. The largest absolute Gasteiger partial charge is 0.291 e. The van der Waals surface area contributed by atoms with E-state index in [0.29, 0.717) is 18.5 Å². The second kappa shape index (κ2) is 11.1. The molecule has 1 unspecified atom stereocenters. The third-order valence-corrected chi connectivity index (χ3v) is 11.8. The van der Waals surface area contributed by atoms with Crippen molar-refractivity contribution in [2.75, 3.05) is 0 Å². The van der Waals surface area contributed by atoms with E-state index in [2.05, 4.69) is 20.9 Å². The third-order valence-electron chi connectivity index (χ3n) is 9.29. The summed E-state index contributed by atoms with van der Waals surface area (Å²) in [6, 6.07) is 9.74. The topological polar surface area (TPSA) is 81.0 Å². The normalized spacial score (nSPS) is 23.5. The van der Waals surface area contributed by atoms with E-state index in [1.807, 2.05) is 6.08 Å². The van der Waals surface area contributed by atoms with Crippen LogP contribution in [0, 0.1) is 17.0 Å². The van der Waals surface area contributed by atoms with E-state index < -0.39 is 57.6 Å². The molecule has 3 aromatic heterocycles. The van der Waals surface area contributed by atoms with Crippen molar-refractivity contribution in [2.24, 2.45) is 5.41 Å². The molecule has 2 saturated carbocycles. The summed E-state index contributed by atoms with van der Waals surface area (Å²) in [4.78, 5) is 23.0. The van der Waals surface area contributed by atoms with Crippen LogP contribution < -0.4 is 0 Å². The number of nitrogens with zero attached hydrogens (tertiary/aromatic N) is 5. The van der Waals surface area contributed by atoms with Crippen molar-refractivity contribution >= 4 is 39.0 Å². The Hall–Kier alpha value is -3.87. The minimum Gasteiger partial charge on any atom is -0.291 e. The lowest BCUT2D eigenvalue weighted by Gasteiger charge is -2.52. The molecule has 4 aromatic rings. The number of aromatic nitrogens is 4. The van der Waals surface area contributed by atoms with Crippen molar-refractivity contribution in [3.63, 3.8) is 0 Å². The number of Topliss-reactive ketones (excluding diaryl/α,β-unsaturated/α-hetero) is 1. The molecule has 13 heteroatoms. The molecule has 46 heavy (non-hydrogen) atoms. The van der Waals surface area contributed by atoms with Crippen LogP contribution in [0.25, 0.3) is 11.8 Å². The predicted octanol–water partition coefficient (Wildman–Crippen LogP) is 6.75. The summed E-state index contributed by atoms with van der Waals surface area (Å²) in [7, 11) is -3.36. The SMILES string of the molecule is C=S(=O)(c1ccc(Cl)nc1)N(C1CC(F)(F)C1)[C@H]1CCC2=Cc3c(cnn3-c3ccc(F)cc3)C[C@]2(C(=O)c2cc(F)ccn2)C1. The van der Waals surface area contributed by atoms with Gasteiger partial charge in [-0.25, -0.2) is 35.7 Å². The Labute approximate surface area is 268 Å². The molecular formula is C33H28ClF4N5O2S. The number of rotatable bonds is 7. The van der Waals surface area contributed by atoms with Crippen LogP contribution in [-0.4, -0.2) is 57.9 Å². The standard InChI is InChI=1S/C33H28ClF4N5O2S/c1-46(45,27-8-9-30(34)40-19-27)43(26-16-33(37,38)17-26)25-5-2-21-12-29-20(18-41-42(29)24-6-3-22(35)4-7-24)14-32(21,15-25)31(44)28-13-23(36)10-11-39-28/h3-4,6-13,18-19,25-26H,1-2,5,14-17H2/t25-,32-,46?/m0/s1. The second-order valence-corrected chi connectivity index (χ2v) is 14.8. The number of allylic oxidation sites excluding steroid dienone is 1. The molecule has 0 radical (unpaired) electrons. The molecule has 1 aromatic carbocycles. The molecule has 0 saturated heterocycles. The van der Waals surface area contributed by atoms with Crippen LogP contribution in [0.2, 0.25) is 5.15 Å². The molecule has 7 rings (SSSR count). The minimum absolute atomic E-state index is 0.0695. The maximum absolute atomic E-state index is 14.6. The lowest BCUT2D eigenvalue weighted by molar-refractivity contribution is -0.115. The van der Waals surface area contributed by atoms with Crippen LogP contribution in [0.4, 0.5) is 17.6 Å². The first kappa shape index (κ1) is 30.8. The predicted molar refractivity (Wildman–Crippen MR) is 166 cm³/mol. The highest BCUT2D eigenvalue weighted by molar-refractivity contribution is 7.98. The third kappa shape index (κ3) is 5.26. The number of halogens is 5. The number of ketones is 1. The zero-order valence-electron chi connectivity index (χ0n) is 24.4. The minimum atomic E-state index is -3.36. The van der Waals surface area contributed by atoms with Crippen molar-refractivity contribution in [1.29, 1.82) is 0 Å². The smallest absolute Gasteiger partial charge is 0.251 e. The first-order valence-corrected chi connectivity index (χ1v) is 16.8. The number of pyridine rings is 2. The van der Waals surface area contributed by atoms with Crippen LogP contribution in [0.5, 0.6) is 0 Å². The maximum Gasteiger partial charge on any atom is 0.251 e. The molecule has 0 aliphatic heterocycles. The van der Waals surface area contributed by atoms with Crippen LogP contribution in [0.1, 0.15) is 53.8 Å². The zero-order chi connectivity index (χ0) is 32.4. The van der Waals surface area contributed by atoms with Gasteiger partial charge in [0.15, 0.2) is 5.78 Å². The summed E-state index contributed by atoms with van der Waals surface area (Å²) < 4.78 is 74.5. The summed E-state index contributed by atoms with van der Waals surface area (Å²) in [5.74, 6) is -0.310. The number of alkyl halides is 2. The van der Waals surface area contributed by atoms with Gasteiger partial charge in [-0.1, -0.05) is 17.2 Å². The summed E-state index contributed by atoms with van der Waals surface area (Å²) in [5.41, 5.74) is 1.49. The Balaban J connectivity index is 1.33. The fourth-order valence-electron chi connectivity index (χ4n) is 7.12. The Morgan fingerprint density at radius 3 is 2.43 bits per heavy atom. The molecule has 238 valence electrons. The molecule has 3 aliphatic rings. The molecule has 7 nitrogen and oxygen atoms in total. The van der Waals surface area contributed by atoms with Gasteiger partial charge in [0, 0.05) is 43.4 Å². The van der Waals surface area contributed by atoms with E-state index in [9.17, 15) is 26.6 Å². The van der Waals surface area contributed by atoms with E-state index in [0.717, 1.165) is 29.0 Å². The van der Waals surface area contributed by atoms with Crippen LogP contribution in [-0.2, 0) is 16.1 Å². The van der Waals surface area contributed by atoms with Crippen molar-refractivity contribution in [1.82, 2.24) is 24.1 Å². The Bertz CT molecular complexity index is 1970. The maximum atomic E-state index is 14.6. The van der Waals surface area contributed by atoms with Crippen molar-refractivity contribution in [3.05, 3.63) is 106 Å². The molecule has 0 amide bonds. The van der Waals surface area contributed by atoms with Gasteiger partial charge in [-0.3, -0.25) is 9.78 Å². The number of fused-ring (bicyclic) bond motifs is 2. The Morgan fingerprint density at radius 1 is 1.00 bits per heavy atom. The average Bonchev–Trinajstić information content (AvgIpc) is 3.41. The summed E-state index contributed by atoms with van der Waals surface area (Å²) in [5, 5.41) is 4.72.